The molecule has 3 aromatic rings. The molecule has 0 aliphatic carbocycles. The number of carbonyl (C=O) groups excluding carboxylic acids is 1. The van der Waals surface area contributed by atoms with Crippen LogP contribution in [0.25, 0.3) is 0 Å². The Morgan fingerprint density at radius 1 is 0.921 bits per heavy atom. The number of aryl methyl sites for hydroxylation is 1. The van der Waals surface area contributed by atoms with E-state index in [1.54, 1.807) is 12.1 Å². The molecule has 0 radical (unpaired) electrons. The molecule has 202 valence electrons. The zero-order valence-corrected chi connectivity index (χ0v) is 21.9. The molecule has 7 heteroatoms. The van der Waals surface area contributed by atoms with Gasteiger partial charge in [0, 0.05) is 43.5 Å². The third-order valence-corrected chi connectivity index (χ3v) is 7.09. The Labute approximate surface area is 223 Å². The number of benzene rings is 3. The minimum Gasteiger partial charge on any atom is -0.390 e. The maximum atomic E-state index is 13.8. The van der Waals surface area contributed by atoms with Crippen molar-refractivity contribution in [2.45, 2.75) is 57.7 Å². The highest BCUT2D eigenvalue weighted by atomic mass is 19.1. The SMILES string of the molecule is CCc1cccc(CNC[C@@H](O)[C@H](Cc2cc(F)cc(F)c2)NC(=O)c2ccc(N3CCCCC3)cc2)c1. The van der Waals surface area contributed by atoms with E-state index in [0.29, 0.717) is 17.7 Å². The first-order valence-electron chi connectivity index (χ1n) is 13.5. The molecule has 3 N–H and O–H groups in total. The molecule has 38 heavy (non-hydrogen) atoms. The van der Waals surface area contributed by atoms with Crippen molar-refractivity contribution in [2.24, 2.45) is 0 Å². The molecular formula is C31H37F2N3O2. The third-order valence-electron chi connectivity index (χ3n) is 7.09. The Bertz CT molecular complexity index is 1180. The van der Waals surface area contributed by atoms with Crippen LogP contribution in [0, 0.1) is 11.6 Å². The molecule has 1 saturated heterocycles. The van der Waals surface area contributed by atoms with Gasteiger partial charge in [0.25, 0.3) is 5.91 Å². The predicted molar refractivity (Wildman–Crippen MR) is 147 cm³/mol. The molecule has 1 heterocycles. The minimum absolute atomic E-state index is 0.0838. The minimum atomic E-state index is -0.979. The fourth-order valence-electron chi connectivity index (χ4n) is 4.96. The Morgan fingerprint density at radius 2 is 1.61 bits per heavy atom. The van der Waals surface area contributed by atoms with Crippen molar-refractivity contribution in [1.29, 1.82) is 0 Å². The molecule has 1 fully saturated rings. The van der Waals surface area contributed by atoms with E-state index in [-0.39, 0.29) is 18.9 Å². The Balaban J connectivity index is 1.43. The number of aliphatic hydroxyl groups excluding tert-OH is 1. The second kappa shape index (κ2) is 13.5. The predicted octanol–water partition coefficient (Wildman–Crippen LogP) is 5.01. The zero-order valence-electron chi connectivity index (χ0n) is 21.9. The lowest BCUT2D eigenvalue weighted by Crippen LogP contribution is -2.48. The first-order valence-corrected chi connectivity index (χ1v) is 13.5. The lowest BCUT2D eigenvalue weighted by molar-refractivity contribution is 0.0830. The number of aliphatic hydroxyl groups is 1. The summed E-state index contributed by atoms with van der Waals surface area (Å²) in [6.45, 7) is 4.88. The quantitative estimate of drug-likeness (QED) is 0.332. The lowest BCUT2D eigenvalue weighted by Gasteiger charge is -2.29. The number of piperidine rings is 1. The van der Waals surface area contributed by atoms with E-state index in [1.807, 2.05) is 24.3 Å². The molecule has 1 amide bonds. The van der Waals surface area contributed by atoms with E-state index in [4.69, 9.17) is 0 Å². The van der Waals surface area contributed by atoms with Crippen molar-refractivity contribution in [3.63, 3.8) is 0 Å². The number of carbonyl (C=O) groups is 1. The Hall–Kier alpha value is -3.29. The number of rotatable bonds is 11. The van der Waals surface area contributed by atoms with Gasteiger partial charge in [-0.25, -0.2) is 8.78 Å². The van der Waals surface area contributed by atoms with Crippen molar-refractivity contribution < 1.29 is 18.7 Å². The van der Waals surface area contributed by atoms with E-state index in [2.05, 4.69) is 34.6 Å². The summed E-state index contributed by atoms with van der Waals surface area (Å²) in [5, 5.41) is 17.2. The lowest BCUT2D eigenvalue weighted by atomic mass is 10.00. The average Bonchev–Trinajstić information content (AvgIpc) is 2.92. The van der Waals surface area contributed by atoms with Gasteiger partial charge >= 0.3 is 0 Å². The van der Waals surface area contributed by atoms with Gasteiger partial charge in [-0.1, -0.05) is 31.2 Å². The van der Waals surface area contributed by atoms with Crippen molar-refractivity contribution in [1.82, 2.24) is 10.6 Å². The summed E-state index contributed by atoms with van der Waals surface area (Å²) >= 11 is 0. The van der Waals surface area contributed by atoms with Crippen LogP contribution in [0.1, 0.15) is 53.2 Å². The number of hydrogen-bond acceptors (Lipinski definition) is 4. The van der Waals surface area contributed by atoms with Crippen molar-refractivity contribution in [3.05, 3.63) is 101 Å². The average molecular weight is 522 g/mol. The van der Waals surface area contributed by atoms with Gasteiger partial charge in [0.1, 0.15) is 11.6 Å². The number of hydrogen-bond donors (Lipinski definition) is 3. The molecule has 3 aromatic carbocycles. The van der Waals surface area contributed by atoms with Crippen molar-refractivity contribution in [2.75, 3.05) is 24.5 Å². The first-order chi connectivity index (χ1) is 18.4. The normalized spacial score (nSPS) is 15.2. The summed E-state index contributed by atoms with van der Waals surface area (Å²) in [6, 6.07) is 18.2. The van der Waals surface area contributed by atoms with Crippen molar-refractivity contribution >= 4 is 11.6 Å². The fourth-order valence-corrected chi connectivity index (χ4v) is 4.96. The Morgan fingerprint density at radius 3 is 2.29 bits per heavy atom. The van der Waals surface area contributed by atoms with Gasteiger partial charge in [0.15, 0.2) is 0 Å². The number of nitrogens with zero attached hydrogens (tertiary/aromatic N) is 1. The molecule has 1 aliphatic heterocycles. The highest BCUT2D eigenvalue weighted by Gasteiger charge is 2.23. The van der Waals surface area contributed by atoms with E-state index in [1.165, 1.54) is 37.0 Å². The molecule has 2 atom stereocenters. The third kappa shape index (κ3) is 7.85. The highest BCUT2D eigenvalue weighted by Crippen LogP contribution is 2.20. The van der Waals surface area contributed by atoms with E-state index in [0.717, 1.165) is 36.8 Å². The molecule has 0 unspecified atom stereocenters. The summed E-state index contributed by atoms with van der Waals surface area (Å²) in [6.07, 6.45) is 3.62. The fraction of sp³-hybridized carbons (Fsp3) is 0.387. The van der Waals surface area contributed by atoms with Gasteiger partial charge in [0.2, 0.25) is 0 Å². The largest absolute Gasteiger partial charge is 0.390 e. The first kappa shape index (κ1) is 27.7. The summed E-state index contributed by atoms with van der Waals surface area (Å²) in [4.78, 5) is 15.5. The van der Waals surface area contributed by atoms with Crippen LogP contribution < -0.4 is 15.5 Å². The molecular weight excluding hydrogens is 484 g/mol. The van der Waals surface area contributed by atoms with Gasteiger partial charge in [-0.3, -0.25) is 4.79 Å². The second-order valence-corrected chi connectivity index (χ2v) is 10.0. The number of nitrogens with one attached hydrogen (secondary N) is 2. The number of amides is 1. The van der Waals surface area contributed by atoms with Crippen LogP contribution in [0.4, 0.5) is 14.5 Å². The number of halogens is 2. The van der Waals surface area contributed by atoms with Crippen LogP contribution in [0.5, 0.6) is 0 Å². The molecule has 0 bridgehead atoms. The van der Waals surface area contributed by atoms with Crippen LogP contribution in [-0.4, -0.2) is 42.8 Å². The summed E-state index contributed by atoms with van der Waals surface area (Å²) in [5.74, 6) is -1.73. The zero-order chi connectivity index (χ0) is 26.9. The van der Waals surface area contributed by atoms with Gasteiger partial charge < -0.3 is 20.6 Å². The number of anilines is 1. The smallest absolute Gasteiger partial charge is 0.251 e. The molecule has 0 saturated carbocycles. The molecule has 5 nitrogen and oxygen atoms in total. The topological polar surface area (TPSA) is 64.6 Å². The van der Waals surface area contributed by atoms with Gasteiger partial charge in [-0.05, 0) is 85.2 Å². The van der Waals surface area contributed by atoms with Crippen LogP contribution in [0.3, 0.4) is 0 Å². The monoisotopic (exact) mass is 521 g/mol. The van der Waals surface area contributed by atoms with Crippen LogP contribution in [-0.2, 0) is 19.4 Å². The summed E-state index contributed by atoms with van der Waals surface area (Å²) < 4.78 is 27.7. The second-order valence-electron chi connectivity index (χ2n) is 10.0. The van der Waals surface area contributed by atoms with Gasteiger partial charge in [-0.2, -0.15) is 0 Å². The van der Waals surface area contributed by atoms with Gasteiger partial charge in [-0.15, -0.1) is 0 Å². The van der Waals surface area contributed by atoms with Crippen LogP contribution in [0.15, 0.2) is 66.7 Å². The molecule has 4 rings (SSSR count). The highest BCUT2D eigenvalue weighted by molar-refractivity contribution is 5.94. The van der Waals surface area contributed by atoms with E-state index < -0.39 is 23.8 Å². The standard InChI is InChI=1S/C31H37F2N3O2/c1-2-22-7-6-8-23(15-22)20-34-21-30(37)29(18-24-16-26(32)19-27(33)17-24)35-31(38)25-9-11-28(12-10-25)36-13-4-3-5-14-36/h6-12,15-17,19,29-30,34,37H,2-5,13-14,18,20-21H2,1H3,(H,35,38)/t29-,30+/m0/s1. The van der Waals surface area contributed by atoms with Crippen LogP contribution >= 0.6 is 0 Å². The Kier molecular flexibility index (Phi) is 9.85. The summed E-state index contributed by atoms with van der Waals surface area (Å²) in [5.41, 5.74) is 4.25. The summed E-state index contributed by atoms with van der Waals surface area (Å²) in [7, 11) is 0. The van der Waals surface area contributed by atoms with Gasteiger partial charge in [0.05, 0.1) is 12.1 Å². The molecule has 0 spiro atoms. The maximum Gasteiger partial charge on any atom is 0.251 e. The maximum absolute atomic E-state index is 13.8. The van der Waals surface area contributed by atoms with Crippen LogP contribution in [0.2, 0.25) is 0 Å². The van der Waals surface area contributed by atoms with E-state index >= 15 is 0 Å². The molecule has 1 aliphatic rings. The van der Waals surface area contributed by atoms with E-state index in [9.17, 15) is 18.7 Å². The van der Waals surface area contributed by atoms with Crippen molar-refractivity contribution in [3.8, 4) is 0 Å². The molecule has 0 aromatic heterocycles.